The second-order valence-corrected chi connectivity index (χ2v) is 16.7. The van der Waals surface area contributed by atoms with Crippen molar-refractivity contribution in [3.05, 3.63) is 94.9 Å². The summed E-state index contributed by atoms with van der Waals surface area (Å²) < 4.78 is 14.9. The average Bonchev–Trinajstić information content (AvgIpc) is 2.94. The Hall–Kier alpha value is -3.20. The summed E-state index contributed by atoms with van der Waals surface area (Å²) in [6, 6.07) is 21.3. The van der Waals surface area contributed by atoms with Crippen molar-refractivity contribution in [1.29, 1.82) is 0 Å². The minimum atomic E-state index is -2.69. The largest absolute Gasteiger partial charge is 0.494 e. The van der Waals surface area contributed by atoms with Gasteiger partial charge < -0.3 is 9.16 Å². The van der Waals surface area contributed by atoms with E-state index >= 15 is 0 Å². The summed E-state index contributed by atoms with van der Waals surface area (Å²) in [5, 5.41) is 3.88. The van der Waals surface area contributed by atoms with Crippen molar-refractivity contribution in [2.24, 2.45) is 0 Å². The summed E-state index contributed by atoms with van der Waals surface area (Å²) in [7, 11) is -2.69. The monoisotopic (exact) mass is 585 g/mol. The summed E-state index contributed by atoms with van der Waals surface area (Å²) >= 11 is 1.47. The topological polar surface area (TPSA) is 66.2 Å². The Morgan fingerprint density at radius 2 is 1.66 bits per heavy atom. The van der Waals surface area contributed by atoms with Gasteiger partial charge in [0.1, 0.15) is 11.4 Å². The first kappa shape index (κ1) is 29.3. The highest BCUT2D eigenvalue weighted by molar-refractivity contribution is 7.98. The quantitative estimate of drug-likeness (QED) is 0.102. The summed E-state index contributed by atoms with van der Waals surface area (Å²) in [6.45, 7) is 15.2. The molecule has 41 heavy (non-hydrogen) atoms. The van der Waals surface area contributed by atoms with Crippen LogP contribution in [-0.4, -0.2) is 41.8 Å². The molecule has 1 aliphatic carbocycles. The minimum absolute atomic E-state index is 0.00922. The zero-order chi connectivity index (χ0) is 29.4. The lowest BCUT2D eigenvalue weighted by Crippen LogP contribution is -2.68. The number of benzene rings is 2. The van der Waals surface area contributed by atoms with Gasteiger partial charge in [0, 0.05) is 23.7 Å². The van der Waals surface area contributed by atoms with E-state index < -0.39 is 8.32 Å². The van der Waals surface area contributed by atoms with Crippen LogP contribution in [0.15, 0.2) is 83.4 Å². The van der Waals surface area contributed by atoms with Crippen LogP contribution in [0.5, 0.6) is 0 Å². The molecule has 0 spiro atoms. The third-order valence-electron chi connectivity index (χ3n) is 8.16. The fraction of sp³-hybridized carbons (Fsp3) is 0.364. The Kier molecular flexibility index (Phi) is 8.28. The van der Waals surface area contributed by atoms with Gasteiger partial charge in [-0.3, -0.25) is 9.36 Å². The van der Waals surface area contributed by atoms with Gasteiger partial charge in [-0.15, -0.1) is 0 Å². The van der Waals surface area contributed by atoms with E-state index in [1.54, 1.807) is 0 Å². The van der Waals surface area contributed by atoms with Crippen LogP contribution in [0.4, 0.5) is 0 Å². The maximum Gasteiger partial charge on any atom is 0.263 e. The molecule has 0 aliphatic heterocycles. The smallest absolute Gasteiger partial charge is 0.263 e. The van der Waals surface area contributed by atoms with Gasteiger partial charge in [-0.1, -0.05) is 99.8 Å². The minimum Gasteiger partial charge on any atom is -0.494 e. The first-order valence-electron chi connectivity index (χ1n) is 14.2. The van der Waals surface area contributed by atoms with Crippen molar-refractivity contribution in [3.63, 3.8) is 0 Å². The first-order chi connectivity index (χ1) is 19.6. The van der Waals surface area contributed by atoms with Gasteiger partial charge >= 0.3 is 0 Å². The highest BCUT2D eigenvalue weighted by Crippen LogP contribution is 2.43. The van der Waals surface area contributed by atoms with Crippen LogP contribution < -0.4 is 15.9 Å². The molecule has 0 unspecified atom stereocenters. The van der Waals surface area contributed by atoms with Crippen molar-refractivity contribution >= 4 is 47.2 Å². The van der Waals surface area contributed by atoms with E-state index in [1.807, 2.05) is 30.9 Å². The maximum absolute atomic E-state index is 14.1. The van der Waals surface area contributed by atoms with Crippen LogP contribution in [0.1, 0.15) is 57.7 Å². The van der Waals surface area contributed by atoms with Gasteiger partial charge in [0.15, 0.2) is 5.16 Å². The first-order valence-corrected chi connectivity index (χ1v) is 17.3. The van der Waals surface area contributed by atoms with E-state index in [1.165, 1.54) is 22.1 Å². The average molecular weight is 586 g/mol. The van der Waals surface area contributed by atoms with Gasteiger partial charge in [0.2, 0.25) is 0 Å². The van der Waals surface area contributed by atoms with Crippen molar-refractivity contribution in [2.75, 3.05) is 12.9 Å². The standard InChI is InChI=1S/C33H39N3O3SSi/c1-8-38-23(3)29-22(2)28-21-34-32(40-7)35-30(28)36(31(29)37)24-19-25(20-24)39-41(33(4,5)6,26-15-11-9-12-16-26)27-17-13-10-14-18-27/h9-18,21,24-25H,3,8,19-20H2,1-2,4-7H3. The van der Waals surface area contributed by atoms with Crippen LogP contribution in [0.3, 0.4) is 0 Å². The Balaban J connectivity index is 1.57. The molecule has 2 heterocycles. The van der Waals surface area contributed by atoms with Gasteiger partial charge in [-0.25, -0.2) is 9.97 Å². The van der Waals surface area contributed by atoms with Gasteiger partial charge in [0.05, 0.1) is 12.2 Å². The fourth-order valence-corrected chi connectivity index (χ4v) is 11.2. The highest BCUT2D eigenvalue weighted by atomic mass is 32.2. The molecule has 0 atom stereocenters. The predicted molar refractivity (Wildman–Crippen MR) is 172 cm³/mol. The molecule has 0 N–H and O–H groups in total. The summed E-state index contributed by atoms with van der Waals surface area (Å²) in [4.78, 5) is 23.4. The van der Waals surface area contributed by atoms with Crippen LogP contribution in [0.25, 0.3) is 16.8 Å². The molecular weight excluding hydrogens is 547 g/mol. The van der Waals surface area contributed by atoms with Crippen LogP contribution in [0.2, 0.25) is 5.04 Å². The van der Waals surface area contributed by atoms with Gasteiger partial charge in [-0.05, 0) is 53.9 Å². The molecule has 0 bridgehead atoms. The Morgan fingerprint density at radius 1 is 1.07 bits per heavy atom. The van der Waals surface area contributed by atoms with E-state index in [0.717, 1.165) is 23.8 Å². The second kappa shape index (κ2) is 11.6. The molecule has 6 nitrogen and oxygen atoms in total. The molecule has 0 amide bonds. The lowest BCUT2D eigenvalue weighted by atomic mass is 9.88. The summed E-state index contributed by atoms with van der Waals surface area (Å²) in [5.41, 5.74) is 1.84. The van der Waals surface area contributed by atoms with Crippen LogP contribution >= 0.6 is 11.8 Å². The summed E-state index contributed by atoms with van der Waals surface area (Å²) in [5.74, 6) is 0.388. The number of pyridine rings is 1. The molecule has 1 aliphatic rings. The van der Waals surface area contributed by atoms with E-state index in [-0.39, 0.29) is 22.7 Å². The summed E-state index contributed by atoms with van der Waals surface area (Å²) in [6.07, 6.45) is 5.22. The van der Waals surface area contributed by atoms with Crippen molar-refractivity contribution in [3.8, 4) is 0 Å². The van der Waals surface area contributed by atoms with E-state index in [4.69, 9.17) is 14.1 Å². The number of ether oxygens (including phenoxy) is 1. The number of hydrogen-bond acceptors (Lipinski definition) is 6. The fourth-order valence-electron chi connectivity index (χ4n) is 6.12. The Morgan fingerprint density at radius 3 is 2.17 bits per heavy atom. The van der Waals surface area contributed by atoms with E-state index in [2.05, 4.69) is 93.0 Å². The van der Waals surface area contributed by atoms with Crippen molar-refractivity contribution in [1.82, 2.24) is 14.5 Å². The number of fused-ring (bicyclic) bond motifs is 1. The zero-order valence-electron chi connectivity index (χ0n) is 24.8. The van der Waals surface area contributed by atoms with Gasteiger partial charge in [0.25, 0.3) is 13.9 Å². The molecule has 2 aromatic carbocycles. The highest BCUT2D eigenvalue weighted by Gasteiger charge is 2.53. The van der Waals surface area contributed by atoms with Crippen LogP contribution in [-0.2, 0) is 9.16 Å². The van der Waals surface area contributed by atoms with Gasteiger partial charge in [-0.2, -0.15) is 0 Å². The molecule has 1 saturated carbocycles. The molecule has 214 valence electrons. The molecule has 4 aromatic rings. The number of aromatic nitrogens is 3. The number of rotatable bonds is 9. The molecule has 5 rings (SSSR count). The second-order valence-electron chi connectivity index (χ2n) is 11.7. The lowest BCUT2D eigenvalue weighted by Gasteiger charge is -2.49. The molecule has 2 aromatic heterocycles. The number of nitrogens with zero attached hydrogens (tertiary/aromatic N) is 3. The normalized spacial score (nSPS) is 17.3. The molecule has 8 heteroatoms. The van der Waals surface area contributed by atoms with Crippen LogP contribution in [0, 0.1) is 6.92 Å². The molecule has 1 fully saturated rings. The number of aryl methyl sites for hydroxylation is 1. The molecular formula is C33H39N3O3SSi. The Labute approximate surface area is 248 Å². The predicted octanol–water partition coefficient (Wildman–Crippen LogP) is 6.11. The Bertz CT molecular complexity index is 1570. The number of thioether (sulfide) groups is 1. The maximum atomic E-state index is 14.1. The molecule has 0 saturated heterocycles. The third kappa shape index (κ3) is 5.17. The third-order valence-corrected chi connectivity index (χ3v) is 13.8. The molecule has 0 radical (unpaired) electrons. The SMILES string of the molecule is C=C(OCC)c1c(C)c2cnc(SC)nc2n(C2CC(O[Si](c3ccccc3)(c3ccccc3)C(C)(C)C)C2)c1=O. The lowest BCUT2D eigenvalue weighted by molar-refractivity contribution is 0.0616. The van der Waals surface area contributed by atoms with E-state index in [9.17, 15) is 4.79 Å². The zero-order valence-corrected chi connectivity index (χ0v) is 26.6. The van der Waals surface area contributed by atoms with E-state index in [0.29, 0.717) is 28.7 Å². The van der Waals surface area contributed by atoms with Crippen molar-refractivity contribution < 1.29 is 9.16 Å². The van der Waals surface area contributed by atoms with Crippen molar-refractivity contribution in [2.45, 2.75) is 69.8 Å². The number of hydrogen-bond donors (Lipinski definition) is 0.